The van der Waals surface area contributed by atoms with E-state index in [2.05, 4.69) is 6.58 Å². The number of unbranched alkanes of at least 4 members (excludes halogenated alkanes) is 1. The van der Waals surface area contributed by atoms with Crippen LogP contribution < -0.4 is 0 Å². The Hall–Kier alpha value is -2.64. The molecule has 0 aromatic rings. The van der Waals surface area contributed by atoms with E-state index in [4.69, 9.17) is 9.47 Å². The SMILES string of the molecule is C=CCCOC(=O)[C@H]1CCCN1C(=O)CCCCC(=O)N1CCC[C@@H]1C(=O)OCC=CC. The number of rotatable bonds is 12. The summed E-state index contributed by atoms with van der Waals surface area (Å²) in [6.45, 7) is 7.07. The number of hydrogen-bond acceptors (Lipinski definition) is 6. The van der Waals surface area contributed by atoms with E-state index in [-0.39, 0.29) is 37.0 Å². The van der Waals surface area contributed by atoms with Crippen LogP contribution >= 0.6 is 0 Å². The van der Waals surface area contributed by atoms with E-state index in [1.165, 1.54) is 0 Å². The maximum atomic E-state index is 12.6. The monoisotopic (exact) mass is 448 g/mol. The normalized spacial score (nSPS) is 20.5. The molecule has 8 nitrogen and oxygen atoms in total. The summed E-state index contributed by atoms with van der Waals surface area (Å²) in [5.41, 5.74) is 0. The van der Waals surface area contributed by atoms with Crippen molar-refractivity contribution in [2.75, 3.05) is 26.3 Å². The van der Waals surface area contributed by atoms with Crippen LogP contribution in [0.4, 0.5) is 0 Å². The summed E-state index contributed by atoms with van der Waals surface area (Å²) in [6, 6.07) is -1.01. The molecule has 0 saturated carbocycles. The van der Waals surface area contributed by atoms with Crippen LogP contribution in [0.2, 0.25) is 0 Å². The standard InChI is InChI=1S/C24H36N2O6/c1-3-5-17-31-23(29)19-11-9-15-25(19)21(27)13-7-8-14-22(28)26-16-10-12-20(26)24(30)32-18-6-4-2/h3-4,6,19-20H,1,5,7-18H2,2H3/t19-,20-/m1/s1. The van der Waals surface area contributed by atoms with E-state index in [1.54, 1.807) is 22.0 Å². The topological polar surface area (TPSA) is 93.2 Å². The van der Waals surface area contributed by atoms with Gasteiger partial charge in [0.15, 0.2) is 0 Å². The van der Waals surface area contributed by atoms with Gasteiger partial charge in [0.2, 0.25) is 11.8 Å². The summed E-state index contributed by atoms with van der Waals surface area (Å²) in [4.78, 5) is 52.9. The average Bonchev–Trinajstić information content (AvgIpc) is 3.46. The molecule has 8 heteroatoms. The highest BCUT2D eigenvalue weighted by atomic mass is 16.5. The first-order chi connectivity index (χ1) is 15.5. The maximum Gasteiger partial charge on any atom is 0.329 e. The fraction of sp³-hybridized carbons (Fsp3) is 0.667. The lowest BCUT2D eigenvalue weighted by atomic mass is 10.1. The molecular formula is C24H36N2O6. The molecule has 2 rings (SSSR count). The van der Waals surface area contributed by atoms with Gasteiger partial charge in [0.05, 0.1) is 6.61 Å². The lowest BCUT2D eigenvalue weighted by Crippen LogP contribution is -2.41. The first-order valence-electron chi connectivity index (χ1n) is 11.6. The molecule has 0 aromatic heterocycles. The Morgan fingerprint density at radius 3 is 1.94 bits per heavy atom. The lowest BCUT2D eigenvalue weighted by Gasteiger charge is -2.24. The number of esters is 2. The minimum atomic E-state index is -0.508. The number of allylic oxidation sites excluding steroid dienone is 1. The average molecular weight is 449 g/mol. The molecule has 2 saturated heterocycles. The second-order valence-corrected chi connectivity index (χ2v) is 8.14. The predicted octanol–water partition coefficient (Wildman–Crippen LogP) is 2.77. The third-order valence-electron chi connectivity index (χ3n) is 5.85. The van der Waals surface area contributed by atoms with Crippen LogP contribution in [0.5, 0.6) is 0 Å². The number of ether oxygens (including phenoxy) is 2. The molecule has 2 heterocycles. The minimum absolute atomic E-state index is 0.0761. The fourth-order valence-electron chi connectivity index (χ4n) is 4.12. The second-order valence-electron chi connectivity index (χ2n) is 8.14. The molecule has 0 aliphatic carbocycles. The molecule has 0 spiro atoms. The van der Waals surface area contributed by atoms with Crippen molar-refractivity contribution < 1.29 is 28.7 Å². The van der Waals surface area contributed by atoms with Crippen LogP contribution in [0.15, 0.2) is 24.8 Å². The third kappa shape index (κ3) is 7.50. The van der Waals surface area contributed by atoms with Crippen LogP contribution in [0.3, 0.4) is 0 Å². The van der Waals surface area contributed by atoms with E-state index in [1.807, 2.05) is 13.0 Å². The van der Waals surface area contributed by atoms with Crippen molar-refractivity contribution in [3.05, 3.63) is 24.8 Å². The van der Waals surface area contributed by atoms with Crippen molar-refractivity contribution in [2.24, 2.45) is 0 Å². The molecule has 0 unspecified atom stereocenters. The molecule has 0 bridgehead atoms. The van der Waals surface area contributed by atoms with Crippen molar-refractivity contribution in [1.29, 1.82) is 0 Å². The highest BCUT2D eigenvalue weighted by Crippen LogP contribution is 2.22. The molecule has 32 heavy (non-hydrogen) atoms. The number of carbonyl (C=O) groups excluding carboxylic acids is 4. The second kappa shape index (κ2) is 13.7. The highest BCUT2D eigenvalue weighted by Gasteiger charge is 2.36. The zero-order valence-corrected chi connectivity index (χ0v) is 19.1. The Morgan fingerprint density at radius 1 is 0.906 bits per heavy atom. The van der Waals surface area contributed by atoms with Crippen molar-refractivity contribution in [3.63, 3.8) is 0 Å². The quantitative estimate of drug-likeness (QED) is 0.259. The number of amides is 2. The Labute approximate surface area is 190 Å². The van der Waals surface area contributed by atoms with Gasteiger partial charge in [-0.1, -0.05) is 18.2 Å². The van der Waals surface area contributed by atoms with Crippen LogP contribution in [-0.4, -0.2) is 71.9 Å². The van der Waals surface area contributed by atoms with E-state index >= 15 is 0 Å². The molecule has 0 aromatic carbocycles. The smallest absolute Gasteiger partial charge is 0.329 e. The molecule has 2 aliphatic rings. The van der Waals surface area contributed by atoms with E-state index in [0.29, 0.717) is 58.0 Å². The molecule has 2 amide bonds. The Balaban J connectivity index is 1.72. The number of nitrogens with zero attached hydrogens (tertiary/aromatic N) is 2. The van der Waals surface area contributed by atoms with Crippen LogP contribution in [0, 0.1) is 0 Å². The fourth-order valence-corrected chi connectivity index (χ4v) is 4.12. The van der Waals surface area contributed by atoms with Crippen LogP contribution in [0.1, 0.15) is 64.7 Å². The van der Waals surface area contributed by atoms with E-state index < -0.39 is 12.1 Å². The van der Waals surface area contributed by atoms with E-state index in [0.717, 1.165) is 12.8 Å². The van der Waals surface area contributed by atoms with Gasteiger partial charge in [-0.3, -0.25) is 9.59 Å². The highest BCUT2D eigenvalue weighted by molar-refractivity contribution is 5.86. The van der Waals surface area contributed by atoms with Crippen molar-refractivity contribution in [1.82, 2.24) is 9.80 Å². The summed E-state index contributed by atoms with van der Waals surface area (Å²) in [5.74, 6) is -0.863. The summed E-state index contributed by atoms with van der Waals surface area (Å²) >= 11 is 0. The Kier molecular flexibility index (Phi) is 11.0. The molecule has 2 aliphatic heterocycles. The Morgan fingerprint density at radius 2 is 1.44 bits per heavy atom. The number of hydrogen-bond donors (Lipinski definition) is 0. The van der Waals surface area contributed by atoms with Gasteiger partial charge in [0, 0.05) is 25.9 Å². The van der Waals surface area contributed by atoms with Crippen molar-refractivity contribution in [2.45, 2.75) is 76.8 Å². The van der Waals surface area contributed by atoms with Crippen LogP contribution in [0.25, 0.3) is 0 Å². The molecule has 2 atom stereocenters. The molecule has 2 fully saturated rings. The largest absolute Gasteiger partial charge is 0.464 e. The van der Waals surface area contributed by atoms with Gasteiger partial charge in [0.25, 0.3) is 0 Å². The van der Waals surface area contributed by atoms with Gasteiger partial charge in [-0.15, -0.1) is 6.58 Å². The zero-order chi connectivity index (χ0) is 23.3. The number of likely N-dealkylation sites (tertiary alicyclic amines) is 2. The van der Waals surface area contributed by atoms with Crippen molar-refractivity contribution >= 4 is 23.8 Å². The summed E-state index contributed by atoms with van der Waals surface area (Å²) in [7, 11) is 0. The predicted molar refractivity (Wildman–Crippen MR) is 119 cm³/mol. The van der Waals surface area contributed by atoms with Gasteiger partial charge in [-0.25, -0.2) is 9.59 Å². The van der Waals surface area contributed by atoms with Gasteiger partial charge in [-0.05, 0) is 51.9 Å². The van der Waals surface area contributed by atoms with Crippen molar-refractivity contribution in [3.8, 4) is 0 Å². The first-order valence-corrected chi connectivity index (χ1v) is 11.6. The number of carbonyl (C=O) groups is 4. The minimum Gasteiger partial charge on any atom is -0.464 e. The third-order valence-corrected chi connectivity index (χ3v) is 5.85. The molecule has 0 N–H and O–H groups in total. The molecule has 0 radical (unpaired) electrons. The van der Waals surface area contributed by atoms with Gasteiger partial charge < -0.3 is 19.3 Å². The summed E-state index contributed by atoms with van der Waals surface area (Å²) in [5, 5.41) is 0. The van der Waals surface area contributed by atoms with Gasteiger partial charge in [-0.2, -0.15) is 0 Å². The van der Waals surface area contributed by atoms with Crippen LogP contribution in [-0.2, 0) is 28.7 Å². The molecular weight excluding hydrogens is 412 g/mol. The molecule has 178 valence electrons. The maximum absolute atomic E-state index is 12.6. The summed E-state index contributed by atoms with van der Waals surface area (Å²) in [6.07, 6.45) is 10.3. The summed E-state index contributed by atoms with van der Waals surface area (Å²) < 4.78 is 10.4. The lowest BCUT2D eigenvalue weighted by molar-refractivity contribution is -0.153. The first kappa shape index (κ1) is 25.6. The van der Waals surface area contributed by atoms with Gasteiger partial charge >= 0.3 is 11.9 Å². The zero-order valence-electron chi connectivity index (χ0n) is 19.1. The Bertz CT molecular complexity index is 705. The van der Waals surface area contributed by atoms with E-state index in [9.17, 15) is 19.2 Å². The van der Waals surface area contributed by atoms with Gasteiger partial charge in [0.1, 0.15) is 18.7 Å².